The number of nitrogens with one attached hydrogen (secondary N) is 1. The minimum absolute atomic E-state index is 0.0753. The molecule has 1 saturated heterocycles. The summed E-state index contributed by atoms with van der Waals surface area (Å²) in [5, 5.41) is 3.21. The van der Waals surface area contributed by atoms with Crippen LogP contribution in [0.5, 0.6) is 5.75 Å². The van der Waals surface area contributed by atoms with E-state index in [4.69, 9.17) is 9.47 Å². The van der Waals surface area contributed by atoms with Gasteiger partial charge in [0.05, 0.1) is 13.7 Å². The largest absolute Gasteiger partial charge is 0.497 e. The van der Waals surface area contributed by atoms with Gasteiger partial charge in [0.1, 0.15) is 17.5 Å². The average Bonchev–Trinajstić information content (AvgIpc) is 3.15. The first-order valence-electron chi connectivity index (χ1n) is 11.4. The van der Waals surface area contributed by atoms with Crippen molar-refractivity contribution in [3.05, 3.63) is 29.8 Å². The summed E-state index contributed by atoms with van der Waals surface area (Å²) < 4.78 is 11.6. The van der Waals surface area contributed by atoms with Crippen LogP contribution in [0.1, 0.15) is 75.1 Å². The van der Waals surface area contributed by atoms with Gasteiger partial charge in [-0.25, -0.2) is 0 Å². The molecule has 0 aromatic heterocycles. The molecule has 0 bridgehead atoms. The summed E-state index contributed by atoms with van der Waals surface area (Å²) in [6, 6.07) is 6.80. The predicted molar refractivity (Wildman–Crippen MR) is 114 cm³/mol. The van der Waals surface area contributed by atoms with E-state index in [2.05, 4.69) is 12.2 Å². The van der Waals surface area contributed by atoms with E-state index in [-0.39, 0.29) is 24.5 Å². The monoisotopic (exact) mass is 414 g/mol. The molecule has 3 fully saturated rings. The second-order valence-electron chi connectivity index (χ2n) is 9.21. The molecule has 0 radical (unpaired) electrons. The number of ether oxygens (including phenoxy) is 2. The number of hydrogen-bond acceptors (Lipinski definition) is 4. The smallest absolute Gasteiger partial charge is 0.257 e. The van der Waals surface area contributed by atoms with Gasteiger partial charge in [-0.15, -0.1) is 0 Å². The zero-order valence-electron chi connectivity index (χ0n) is 18.2. The zero-order valence-corrected chi connectivity index (χ0v) is 18.2. The Labute approximate surface area is 179 Å². The topological polar surface area (TPSA) is 67.9 Å². The van der Waals surface area contributed by atoms with Crippen LogP contribution in [0.15, 0.2) is 24.3 Å². The molecule has 1 aliphatic heterocycles. The highest BCUT2D eigenvalue weighted by Gasteiger charge is 2.53. The molecule has 6 nitrogen and oxygen atoms in total. The number of carbonyl (C=O) groups excluding carboxylic acids is 2. The van der Waals surface area contributed by atoms with Gasteiger partial charge in [0.15, 0.2) is 0 Å². The molecule has 1 N–H and O–H groups in total. The lowest BCUT2D eigenvalue weighted by Crippen LogP contribution is -2.57. The van der Waals surface area contributed by atoms with Crippen molar-refractivity contribution < 1.29 is 19.1 Å². The van der Waals surface area contributed by atoms with Crippen LogP contribution in [-0.2, 0) is 9.53 Å². The summed E-state index contributed by atoms with van der Waals surface area (Å²) in [5.41, 5.74) is -0.144. The highest BCUT2D eigenvalue weighted by molar-refractivity contribution is 5.98. The summed E-state index contributed by atoms with van der Waals surface area (Å²) in [5.74, 6) is 1.02. The van der Waals surface area contributed by atoms with Crippen LogP contribution in [-0.4, -0.2) is 48.2 Å². The van der Waals surface area contributed by atoms with Crippen molar-refractivity contribution in [1.82, 2.24) is 10.2 Å². The lowest BCUT2D eigenvalue weighted by atomic mass is 9.83. The van der Waals surface area contributed by atoms with Crippen molar-refractivity contribution in [3.63, 3.8) is 0 Å². The van der Waals surface area contributed by atoms with Gasteiger partial charge >= 0.3 is 0 Å². The molecule has 1 aromatic carbocycles. The molecule has 30 heavy (non-hydrogen) atoms. The van der Waals surface area contributed by atoms with Crippen LogP contribution in [0.4, 0.5) is 0 Å². The van der Waals surface area contributed by atoms with Crippen molar-refractivity contribution in [2.24, 2.45) is 5.92 Å². The first kappa shape index (κ1) is 21.2. The summed E-state index contributed by atoms with van der Waals surface area (Å²) in [6.07, 6.45) is 9.13. The van der Waals surface area contributed by atoms with Crippen LogP contribution >= 0.6 is 0 Å². The fraction of sp³-hybridized carbons (Fsp3) is 0.667. The number of hydrogen-bond donors (Lipinski definition) is 1. The fourth-order valence-electron chi connectivity index (χ4n) is 5.22. The minimum atomic E-state index is -0.679. The maximum Gasteiger partial charge on any atom is 0.257 e. The van der Waals surface area contributed by atoms with Crippen LogP contribution in [0, 0.1) is 5.92 Å². The molecule has 6 heteroatoms. The van der Waals surface area contributed by atoms with Crippen molar-refractivity contribution in [3.8, 4) is 5.75 Å². The number of carbonyl (C=O) groups is 2. The van der Waals surface area contributed by atoms with Gasteiger partial charge in [0.2, 0.25) is 5.91 Å². The van der Waals surface area contributed by atoms with Gasteiger partial charge in [-0.2, -0.15) is 0 Å². The van der Waals surface area contributed by atoms with E-state index in [0.29, 0.717) is 17.2 Å². The highest BCUT2D eigenvalue weighted by Crippen LogP contribution is 2.43. The zero-order chi connectivity index (χ0) is 21.1. The Balaban J connectivity index is 1.60. The third-order valence-electron chi connectivity index (χ3n) is 7.11. The number of nitrogens with zero attached hydrogens (tertiary/aromatic N) is 1. The summed E-state index contributed by atoms with van der Waals surface area (Å²) in [7, 11) is 1.59. The normalized spacial score (nSPS) is 29.7. The van der Waals surface area contributed by atoms with Crippen molar-refractivity contribution in [2.75, 3.05) is 13.7 Å². The van der Waals surface area contributed by atoms with Crippen LogP contribution in [0.2, 0.25) is 0 Å². The van der Waals surface area contributed by atoms with E-state index in [1.165, 1.54) is 6.42 Å². The molecule has 1 heterocycles. The van der Waals surface area contributed by atoms with Crippen molar-refractivity contribution in [2.45, 2.75) is 82.5 Å². The maximum atomic E-state index is 13.7. The first-order chi connectivity index (χ1) is 14.5. The maximum absolute atomic E-state index is 13.7. The van der Waals surface area contributed by atoms with Gasteiger partial charge < -0.3 is 14.8 Å². The summed E-state index contributed by atoms with van der Waals surface area (Å²) in [6.45, 7) is 2.51. The Bertz CT molecular complexity index is 766. The Kier molecular flexibility index (Phi) is 6.32. The third-order valence-corrected chi connectivity index (χ3v) is 7.11. The minimum Gasteiger partial charge on any atom is -0.497 e. The Morgan fingerprint density at radius 2 is 1.87 bits per heavy atom. The quantitative estimate of drug-likeness (QED) is 0.812. The van der Waals surface area contributed by atoms with E-state index in [9.17, 15) is 9.59 Å². The third kappa shape index (κ3) is 4.20. The standard InChI is InChI=1S/C24H34N2O4/c1-17-11-13-24(14-12-17)26(23(28)18-7-6-10-20(15-18)29-2)21(16-30-24)22(27)25-19-8-4-3-5-9-19/h6-7,10,15,17,19,21H,3-5,8-9,11-14,16H2,1-2H3,(H,25,27). The van der Waals surface area contributed by atoms with E-state index in [1.807, 2.05) is 12.1 Å². The molecule has 1 unspecified atom stereocenters. The second kappa shape index (κ2) is 8.96. The Morgan fingerprint density at radius 1 is 1.13 bits per heavy atom. The van der Waals surface area contributed by atoms with E-state index < -0.39 is 11.8 Å². The van der Waals surface area contributed by atoms with E-state index in [0.717, 1.165) is 51.4 Å². The SMILES string of the molecule is COc1cccc(C(=O)N2C(C(=O)NC3CCCCC3)COC23CCC(C)CC3)c1. The lowest BCUT2D eigenvalue weighted by molar-refractivity contribution is -0.128. The highest BCUT2D eigenvalue weighted by atomic mass is 16.5. The van der Waals surface area contributed by atoms with Crippen LogP contribution in [0.3, 0.4) is 0 Å². The number of rotatable bonds is 4. The van der Waals surface area contributed by atoms with Crippen molar-refractivity contribution >= 4 is 11.8 Å². The summed E-state index contributed by atoms with van der Waals surface area (Å²) >= 11 is 0. The Morgan fingerprint density at radius 3 is 2.57 bits per heavy atom. The molecular formula is C24H34N2O4. The van der Waals surface area contributed by atoms with Gasteiger partial charge in [-0.1, -0.05) is 32.3 Å². The second-order valence-corrected chi connectivity index (χ2v) is 9.21. The molecule has 2 aliphatic carbocycles. The van der Waals surface area contributed by atoms with Crippen LogP contribution < -0.4 is 10.1 Å². The average molecular weight is 415 g/mol. The van der Waals surface area contributed by atoms with Gasteiger partial charge in [0.25, 0.3) is 5.91 Å². The molecular weight excluding hydrogens is 380 g/mol. The molecule has 4 rings (SSSR count). The van der Waals surface area contributed by atoms with E-state index >= 15 is 0 Å². The number of benzene rings is 1. The Hall–Kier alpha value is -2.08. The predicted octanol–water partition coefficient (Wildman–Crippen LogP) is 3.89. The molecule has 1 spiro atoms. The van der Waals surface area contributed by atoms with Gasteiger partial charge in [-0.3, -0.25) is 14.5 Å². The molecule has 1 aromatic rings. The molecule has 3 aliphatic rings. The molecule has 164 valence electrons. The molecule has 2 saturated carbocycles. The van der Waals surface area contributed by atoms with E-state index in [1.54, 1.807) is 24.1 Å². The summed E-state index contributed by atoms with van der Waals surface area (Å²) in [4.78, 5) is 28.7. The van der Waals surface area contributed by atoms with Crippen molar-refractivity contribution in [1.29, 1.82) is 0 Å². The van der Waals surface area contributed by atoms with Gasteiger partial charge in [-0.05, 0) is 62.6 Å². The number of amides is 2. The molecule has 1 atom stereocenters. The number of methoxy groups -OCH3 is 1. The van der Waals surface area contributed by atoms with Crippen LogP contribution in [0.25, 0.3) is 0 Å². The fourth-order valence-corrected chi connectivity index (χ4v) is 5.22. The van der Waals surface area contributed by atoms with Gasteiger partial charge in [0, 0.05) is 11.6 Å². The lowest BCUT2D eigenvalue weighted by Gasteiger charge is -2.43. The first-order valence-corrected chi connectivity index (χ1v) is 11.4. The molecule has 2 amide bonds.